The molecule has 0 radical (unpaired) electrons. The normalized spacial score (nSPS) is 23.1. The number of benzene rings is 2. The largest absolute Gasteiger partial charge is 0.396 e. The van der Waals surface area contributed by atoms with E-state index >= 15 is 0 Å². The van der Waals surface area contributed by atoms with E-state index in [1.165, 1.54) is 21.6 Å². The van der Waals surface area contributed by atoms with Crippen LogP contribution in [0.2, 0.25) is 0 Å². The molecule has 5 heteroatoms. The van der Waals surface area contributed by atoms with Gasteiger partial charge in [-0.25, -0.2) is 4.39 Å². The highest BCUT2D eigenvalue weighted by Crippen LogP contribution is 2.47. The minimum absolute atomic E-state index is 0.171. The molecule has 3 nitrogen and oxygen atoms in total. The van der Waals surface area contributed by atoms with Gasteiger partial charge in [0.1, 0.15) is 5.82 Å². The molecule has 1 fully saturated rings. The lowest BCUT2D eigenvalue weighted by molar-refractivity contribution is 0.0903. The molecule has 0 unspecified atom stereocenters. The third-order valence-corrected chi connectivity index (χ3v) is 6.97. The highest BCUT2D eigenvalue weighted by Gasteiger charge is 2.36. The maximum absolute atomic E-state index is 13.4. The Hall–Kier alpha value is -1.40. The van der Waals surface area contributed by atoms with Crippen LogP contribution in [-0.4, -0.2) is 60.5 Å². The van der Waals surface area contributed by atoms with Gasteiger partial charge < -0.3 is 10.0 Å². The standard InChI is InChI=1S/C23H29FN2OS/c1-28-19-7-8-20-21(17-3-5-18(24)6-4-17)16-23(22(20)15-19)26-12-10-25(11-13-26)9-2-14-27/h3-8,15,21,23,27H,2,9-14,16H2,1H3/t21-,23+/m1/s1. The molecule has 1 aliphatic carbocycles. The topological polar surface area (TPSA) is 26.7 Å². The predicted molar refractivity (Wildman–Crippen MR) is 114 cm³/mol. The summed E-state index contributed by atoms with van der Waals surface area (Å²) in [4.78, 5) is 6.39. The quantitative estimate of drug-likeness (QED) is 0.738. The second-order valence-electron chi connectivity index (χ2n) is 7.81. The van der Waals surface area contributed by atoms with E-state index in [1.54, 1.807) is 23.9 Å². The Morgan fingerprint density at radius 3 is 2.46 bits per heavy atom. The summed E-state index contributed by atoms with van der Waals surface area (Å²) in [6.07, 6.45) is 4.05. The van der Waals surface area contributed by atoms with Gasteiger partial charge in [0.15, 0.2) is 0 Å². The fourth-order valence-corrected chi connectivity index (χ4v) is 5.16. The molecule has 1 N–H and O–H groups in total. The average molecular weight is 401 g/mol. The molecule has 0 aromatic heterocycles. The zero-order valence-electron chi connectivity index (χ0n) is 16.5. The number of nitrogens with zero attached hydrogens (tertiary/aromatic N) is 2. The molecule has 0 spiro atoms. The van der Waals surface area contributed by atoms with E-state index in [1.807, 2.05) is 12.1 Å². The van der Waals surface area contributed by atoms with Crippen LogP contribution in [0.4, 0.5) is 4.39 Å². The lowest BCUT2D eigenvalue weighted by Crippen LogP contribution is -2.47. The van der Waals surface area contributed by atoms with Crippen LogP contribution < -0.4 is 0 Å². The Morgan fingerprint density at radius 1 is 1.04 bits per heavy atom. The van der Waals surface area contributed by atoms with Gasteiger partial charge in [-0.15, -0.1) is 11.8 Å². The first-order chi connectivity index (χ1) is 13.7. The Balaban J connectivity index is 1.56. The zero-order valence-corrected chi connectivity index (χ0v) is 17.3. The summed E-state index contributed by atoms with van der Waals surface area (Å²) in [5.41, 5.74) is 4.06. The van der Waals surface area contributed by atoms with Crippen molar-refractivity contribution in [2.75, 3.05) is 45.6 Å². The van der Waals surface area contributed by atoms with Crippen molar-refractivity contribution < 1.29 is 9.50 Å². The van der Waals surface area contributed by atoms with Crippen molar-refractivity contribution in [2.24, 2.45) is 0 Å². The number of halogens is 1. The summed E-state index contributed by atoms with van der Waals surface area (Å²) in [6.45, 7) is 5.52. The predicted octanol–water partition coefficient (Wildman–Crippen LogP) is 4.12. The van der Waals surface area contributed by atoms with Gasteiger partial charge in [-0.2, -0.15) is 0 Å². The number of thioether (sulfide) groups is 1. The minimum atomic E-state index is -0.171. The third kappa shape index (κ3) is 4.13. The molecule has 1 saturated heterocycles. The number of rotatable bonds is 6. The van der Waals surface area contributed by atoms with Gasteiger partial charge in [-0.1, -0.05) is 18.2 Å². The van der Waals surface area contributed by atoms with Crippen molar-refractivity contribution in [2.45, 2.75) is 29.7 Å². The van der Waals surface area contributed by atoms with Crippen molar-refractivity contribution >= 4 is 11.8 Å². The van der Waals surface area contributed by atoms with Crippen LogP contribution in [0, 0.1) is 5.82 Å². The fraction of sp³-hybridized carbons (Fsp3) is 0.478. The van der Waals surface area contributed by atoms with Crippen LogP contribution in [0.5, 0.6) is 0 Å². The molecule has 2 atom stereocenters. The number of aliphatic hydroxyl groups is 1. The van der Waals surface area contributed by atoms with Gasteiger partial charge in [-0.3, -0.25) is 4.90 Å². The maximum atomic E-state index is 13.4. The average Bonchev–Trinajstić information content (AvgIpc) is 3.12. The van der Waals surface area contributed by atoms with Crippen molar-refractivity contribution in [3.8, 4) is 0 Å². The summed E-state index contributed by atoms with van der Waals surface area (Å²) in [6, 6.07) is 14.4. The van der Waals surface area contributed by atoms with Crippen LogP contribution >= 0.6 is 11.8 Å². The van der Waals surface area contributed by atoms with Gasteiger partial charge in [0.25, 0.3) is 0 Å². The van der Waals surface area contributed by atoms with Gasteiger partial charge in [0.2, 0.25) is 0 Å². The molecule has 2 aromatic carbocycles. The van der Waals surface area contributed by atoms with Crippen LogP contribution in [0.3, 0.4) is 0 Å². The Bertz CT molecular complexity index is 790. The maximum Gasteiger partial charge on any atom is 0.123 e. The second kappa shape index (κ2) is 8.95. The van der Waals surface area contributed by atoms with E-state index in [4.69, 9.17) is 5.11 Å². The Kier molecular flexibility index (Phi) is 6.36. The number of fused-ring (bicyclic) bond motifs is 1. The van der Waals surface area contributed by atoms with Gasteiger partial charge in [-0.05, 0) is 60.1 Å². The first kappa shape index (κ1) is 19.9. The lowest BCUT2D eigenvalue weighted by Gasteiger charge is -2.38. The SMILES string of the molecule is CSc1ccc2c(c1)[C@@H](N1CCN(CCCO)CC1)C[C@@H]2c1ccc(F)cc1. The second-order valence-corrected chi connectivity index (χ2v) is 8.68. The molecule has 150 valence electrons. The molecule has 0 saturated carbocycles. The smallest absolute Gasteiger partial charge is 0.123 e. The molecule has 1 heterocycles. The van der Waals surface area contributed by atoms with E-state index < -0.39 is 0 Å². The summed E-state index contributed by atoms with van der Waals surface area (Å²) in [7, 11) is 0. The molecule has 28 heavy (non-hydrogen) atoms. The fourth-order valence-electron chi connectivity index (χ4n) is 4.71. The minimum Gasteiger partial charge on any atom is -0.396 e. The Morgan fingerprint density at radius 2 is 1.79 bits per heavy atom. The van der Waals surface area contributed by atoms with E-state index in [0.717, 1.165) is 45.6 Å². The molecule has 0 amide bonds. The zero-order chi connectivity index (χ0) is 19.5. The first-order valence-electron chi connectivity index (χ1n) is 10.2. The first-order valence-corrected chi connectivity index (χ1v) is 11.4. The van der Waals surface area contributed by atoms with Crippen LogP contribution in [0.1, 0.15) is 41.5 Å². The van der Waals surface area contributed by atoms with Crippen molar-refractivity contribution in [1.82, 2.24) is 9.80 Å². The van der Waals surface area contributed by atoms with Gasteiger partial charge >= 0.3 is 0 Å². The van der Waals surface area contributed by atoms with E-state index in [2.05, 4.69) is 34.3 Å². The van der Waals surface area contributed by atoms with Crippen LogP contribution in [-0.2, 0) is 0 Å². The lowest BCUT2D eigenvalue weighted by atomic mass is 9.93. The number of hydrogen-bond donors (Lipinski definition) is 1. The molecule has 0 bridgehead atoms. The summed E-state index contributed by atoms with van der Waals surface area (Å²) >= 11 is 1.79. The molecule has 2 aliphatic rings. The van der Waals surface area contributed by atoms with Crippen molar-refractivity contribution in [1.29, 1.82) is 0 Å². The molecular formula is C23H29FN2OS. The van der Waals surface area contributed by atoms with Crippen LogP contribution in [0.15, 0.2) is 47.4 Å². The third-order valence-electron chi connectivity index (χ3n) is 6.24. The van der Waals surface area contributed by atoms with E-state index in [0.29, 0.717) is 12.0 Å². The molecular weight excluding hydrogens is 371 g/mol. The molecule has 1 aliphatic heterocycles. The summed E-state index contributed by atoms with van der Waals surface area (Å²) < 4.78 is 13.4. The summed E-state index contributed by atoms with van der Waals surface area (Å²) in [5.74, 6) is 0.166. The van der Waals surface area contributed by atoms with Crippen molar-refractivity contribution in [3.05, 3.63) is 65.0 Å². The summed E-state index contributed by atoms with van der Waals surface area (Å²) in [5, 5.41) is 9.07. The highest BCUT2D eigenvalue weighted by atomic mass is 32.2. The van der Waals surface area contributed by atoms with Crippen molar-refractivity contribution in [3.63, 3.8) is 0 Å². The molecule has 2 aromatic rings. The Labute approximate surface area is 171 Å². The van der Waals surface area contributed by atoms with Gasteiger partial charge in [0, 0.05) is 56.2 Å². The van der Waals surface area contributed by atoms with Crippen LogP contribution in [0.25, 0.3) is 0 Å². The molecule has 4 rings (SSSR count). The number of hydrogen-bond acceptors (Lipinski definition) is 4. The monoisotopic (exact) mass is 400 g/mol. The number of aliphatic hydroxyl groups excluding tert-OH is 1. The van der Waals surface area contributed by atoms with Gasteiger partial charge in [0.05, 0.1) is 0 Å². The van der Waals surface area contributed by atoms with E-state index in [-0.39, 0.29) is 12.4 Å². The van der Waals surface area contributed by atoms with E-state index in [9.17, 15) is 4.39 Å². The number of piperazine rings is 1. The highest BCUT2D eigenvalue weighted by molar-refractivity contribution is 7.98.